The fraction of sp³-hybridized carbons (Fsp3) is 0.385. The van der Waals surface area contributed by atoms with E-state index >= 15 is 0 Å². The predicted octanol–water partition coefficient (Wildman–Crippen LogP) is 1.88. The fourth-order valence-corrected chi connectivity index (χ4v) is 2.45. The highest BCUT2D eigenvalue weighted by molar-refractivity contribution is 9.10. The van der Waals surface area contributed by atoms with Crippen LogP contribution in [0.5, 0.6) is 0 Å². The highest BCUT2D eigenvalue weighted by Gasteiger charge is 2.09. The van der Waals surface area contributed by atoms with Crippen molar-refractivity contribution >= 4 is 15.9 Å². The molecule has 0 saturated heterocycles. The number of hydrogen-bond donors (Lipinski definition) is 2. The van der Waals surface area contributed by atoms with Gasteiger partial charge in [-0.25, -0.2) is 4.68 Å². The van der Waals surface area contributed by atoms with E-state index in [1.165, 1.54) is 5.56 Å². The minimum absolute atomic E-state index is 0.0730. The van der Waals surface area contributed by atoms with Crippen LogP contribution >= 0.6 is 15.9 Å². The summed E-state index contributed by atoms with van der Waals surface area (Å²) in [5.41, 5.74) is 2.08. The molecule has 0 unspecified atom stereocenters. The molecule has 0 amide bonds. The van der Waals surface area contributed by atoms with Gasteiger partial charge in [-0.3, -0.25) is 0 Å². The second-order valence-corrected chi connectivity index (χ2v) is 5.17. The number of aliphatic hydroxyl groups is 1. The Morgan fingerprint density at radius 3 is 2.95 bits per heavy atom. The van der Waals surface area contributed by atoms with Gasteiger partial charge in [-0.05, 0) is 18.6 Å². The molecule has 2 rings (SSSR count). The van der Waals surface area contributed by atoms with Gasteiger partial charge in [0, 0.05) is 23.3 Å². The molecule has 0 aliphatic carbocycles. The van der Waals surface area contributed by atoms with E-state index in [1.54, 1.807) is 4.68 Å². The molecule has 0 aliphatic rings. The summed E-state index contributed by atoms with van der Waals surface area (Å²) in [6.45, 7) is 3.31. The zero-order chi connectivity index (χ0) is 13.7. The monoisotopic (exact) mass is 324 g/mol. The van der Waals surface area contributed by atoms with Crippen LogP contribution < -0.4 is 5.32 Å². The van der Waals surface area contributed by atoms with Crippen molar-refractivity contribution < 1.29 is 5.11 Å². The second-order valence-electron chi connectivity index (χ2n) is 4.32. The molecule has 1 atom stereocenters. The van der Waals surface area contributed by atoms with Gasteiger partial charge >= 0.3 is 0 Å². The lowest BCUT2D eigenvalue weighted by Gasteiger charge is -2.14. The number of benzene rings is 1. The van der Waals surface area contributed by atoms with Gasteiger partial charge in [0.15, 0.2) is 0 Å². The SMILES string of the molecule is C[C@H](NCc1cn(CCO)nn1)c1ccccc1Br. The highest BCUT2D eigenvalue weighted by atomic mass is 79.9. The van der Waals surface area contributed by atoms with E-state index in [-0.39, 0.29) is 12.6 Å². The first kappa shape index (κ1) is 14.2. The highest BCUT2D eigenvalue weighted by Crippen LogP contribution is 2.22. The molecular formula is C13H17BrN4O. The van der Waals surface area contributed by atoms with Gasteiger partial charge in [-0.2, -0.15) is 0 Å². The average Bonchev–Trinajstić information content (AvgIpc) is 2.85. The Kier molecular flexibility index (Phi) is 5.07. The fourth-order valence-electron chi connectivity index (χ4n) is 1.83. The predicted molar refractivity (Wildman–Crippen MR) is 76.5 cm³/mol. The Balaban J connectivity index is 1.92. The molecule has 1 aromatic heterocycles. The number of aromatic nitrogens is 3. The van der Waals surface area contributed by atoms with Gasteiger partial charge in [0.2, 0.25) is 0 Å². The molecule has 0 spiro atoms. The lowest BCUT2D eigenvalue weighted by Crippen LogP contribution is -2.18. The second kappa shape index (κ2) is 6.79. The summed E-state index contributed by atoms with van der Waals surface area (Å²) >= 11 is 3.55. The number of aliphatic hydroxyl groups excluding tert-OH is 1. The van der Waals surface area contributed by atoms with E-state index in [1.807, 2.05) is 24.4 Å². The Morgan fingerprint density at radius 2 is 2.21 bits per heavy atom. The van der Waals surface area contributed by atoms with E-state index in [0.717, 1.165) is 10.2 Å². The van der Waals surface area contributed by atoms with Gasteiger partial charge in [0.05, 0.1) is 18.8 Å². The van der Waals surface area contributed by atoms with Crippen LogP contribution in [0.15, 0.2) is 34.9 Å². The van der Waals surface area contributed by atoms with Crippen LogP contribution in [0.1, 0.15) is 24.2 Å². The Bertz CT molecular complexity index is 529. The number of nitrogens with zero attached hydrogens (tertiary/aromatic N) is 3. The smallest absolute Gasteiger partial charge is 0.0965 e. The summed E-state index contributed by atoms with van der Waals surface area (Å²) in [4.78, 5) is 0. The molecule has 6 heteroatoms. The molecule has 102 valence electrons. The zero-order valence-electron chi connectivity index (χ0n) is 10.8. The molecule has 0 saturated carbocycles. The normalized spacial score (nSPS) is 12.6. The molecule has 19 heavy (non-hydrogen) atoms. The lowest BCUT2D eigenvalue weighted by molar-refractivity contribution is 0.268. The Hall–Kier alpha value is -1.24. The van der Waals surface area contributed by atoms with Crippen LogP contribution in [0.4, 0.5) is 0 Å². The Morgan fingerprint density at radius 1 is 1.42 bits per heavy atom. The molecule has 1 aromatic carbocycles. The number of rotatable bonds is 6. The summed E-state index contributed by atoms with van der Waals surface area (Å²) in [5.74, 6) is 0. The molecule has 0 aliphatic heterocycles. The van der Waals surface area contributed by atoms with Gasteiger partial charge in [0.1, 0.15) is 0 Å². The van der Waals surface area contributed by atoms with E-state index in [0.29, 0.717) is 13.1 Å². The van der Waals surface area contributed by atoms with Crippen molar-refractivity contribution in [3.8, 4) is 0 Å². The average molecular weight is 325 g/mol. The first-order chi connectivity index (χ1) is 9.20. The molecule has 2 N–H and O–H groups in total. The van der Waals surface area contributed by atoms with E-state index in [2.05, 4.69) is 44.5 Å². The first-order valence-electron chi connectivity index (χ1n) is 6.18. The van der Waals surface area contributed by atoms with Gasteiger partial charge in [-0.1, -0.05) is 39.3 Å². The third kappa shape index (κ3) is 3.86. The summed E-state index contributed by atoms with van der Waals surface area (Å²) in [6.07, 6.45) is 1.84. The maximum absolute atomic E-state index is 8.82. The van der Waals surface area contributed by atoms with Crippen molar-refractivity contribution in [3.05, 3.63) is 46.2 Å². The van der Waals surface area contributed by atoms with Crippen LogP contribution in [-0.2, 0) is 13.1 Å². The van der Waals surface area contributed by atoms with Gasteiger partial charge < -0.3 is 10.4 Å². The minimum atomic E-state index is 0.0730. The third-order valence-corrected chi connectivity index (χ3v) is 3.60. The van der Waals surface area contributed by atoms with Crippen molar-refractivity contribution in [2.75, 3.05) is 6.61 Å². The van der Waals surface area contributed by atoms with Crippen molar-refractivity contribution in [1.82, 2.24) is 20.3 Å². The number of halogens is 1. The molecular weight excluding hydrogens is 308 g/mol. The standard InChI is InChI=1S/C13H17BrN4O/c1-10(12-4-2-3-5-13(12)14)15-8-11-9-18(6-7-19)17-16-11/h2-5,9-10,15,19H,6-8H2,1H3/t10-/m0/s1. The summed E-state index contributed by atoms with van der Waals surface area (Å²) in [7, 11) is 0. The topological polar surface area (TPSA) is 63.0 Å². The van der Waals surface area contributed by atoms with E-state index in [4.69, 9.17) is 5.11 Å². The largest absolute Gasteiger partial charge is 0.394 e. The van der Waals surface area contributed by atoms with Gasteiger partial charge in [0.25, 0.3) is 0 Å². The quantitative estimate of drug-likeness (QED) is 0.851. The minimum Gasteiger partial charge on any atom is -0.394 e. The van der Waals surface area contributed by atoms with E-state index < -0.39 is 0 Å². The van der Waals surface area contributed by atoms with Crippen molar-refractivity contribution in [1.29, 1.82) is 0 Å². The van der Waals surface area contributed by atoms with Crippen LogP contribution in [0, 0.1) is 0 Å². The molecule has 0 bridgehead atoms. The van der Waals surface area contributed by atoms with Crippen molar-refractivity contribution in [2.45, 2.75) is 26.1 Å². The lowest BCUT2D eigenvalue weighted by atomic mass is 10.1. The van der Waals surface area contributed by atoms with Gasteiger partial charge in [-0.15, -0.1) is 5.10 Å². The van der Waals surface area contributed by atoms with Crippen LogP contribution in [-0.4, -0.2) is 26.7 Å². The maximum Gasteiger partial charge on any atom is 0.0965 e. The third-order valence-electron chi connectivity index (χ3n) is 2.88. The summed E-state index contributed by atoms with van der Waals surface area (Å²) in [5, 5.41) is 20.2. The molecule has 0 radical (unpaired) electrons. The van der Waals surface area contributed by atoms with Crippen molar-refractivity contribution in [3.63, 3.8) is 0 Å². The van der Waals surface area contributed by atoms with Crippen LogP contribution in [0.25, 0.3) is 0 Å². The maximum atomic E-state index is 8.82. The number of nitrogens with one attached hydrogen (secondary N) is 1. The zero-order valence-corrected chi connectivity index (χ0v) is 12.3. The molecule has 5 nitrogen and oxygen atoms in total. The molecule has 1 heterocycles. The van der Waals surface area contributed by atoms with Crippen LogP contribution in [0.3, 0.4) is 0 Å². The number of hydrogen-bond acceptors (Lipinski definition) is 4. The molecule has 2 aromatic rings. The van der Waals surface area contributed by atoms with E-state index in [9.17, 15) is 0 Å². The van der Waals surface area contributed by atoms with Crippen molar-refractivity contribution in [2.24, 2.45) is 0 Å². The summed E-state index contributed by atoms with van der Waals surface area (Å²) < 4.78 is 2.74. The Labute approximate surface area is 120 Å². The molecule has 0 fully saturated rings. The van der Waals surface area contributed by atoms with Crippen LogP contribution in [0.2, 0.25) is 0 Å². The first-order valence-corrected chi connectivity index (χ1v) is 6.97. The summed E-state index contributed by atoms with van der Waals surface area (Å²) in [6, 6.07) is 8.37.